The quantitative estimate of drug-likeness (QED) is 0.431. The lowest BCUT2D eigenvalue weighted by Crippen LogP contribution is -2.32. The molecule has 14 heavy (non-hydrogen) atoms. The Morgan fingerprint density at radius 3 is 3.07 bits per heavy atom. The number of nitrogens with zero attached hydrogens (tertiary/aromatic N) is 1. The molecule has 0 saturated heterocycles. The highest BCUT2D eigenvalue weighted by Gasteiger charge is 2.12. The van der Waals surface area contributed by atoms with Crippen LogP contribution >= 0.6 is 11.6 Å². The van der Waals surface area contributed by atoms with E-state index in [2.05, 4.69) is 0 Å². The summed E-state index contributed by atoms with van der Waals surface area (Å²) >= 11 is 5.67. The molecular weight excluding hydrogens is 206 g/mol. The molecule has 0 bridgehead atoms. The van der Waals surface area contributed by atoms with Crippen molar-refractivity contribution >= 4 is 17.6 Å². The van der Waals surface area contributed by atoms with Crippen LogP contribution in [0.4, 0.5) is 0 Å². The van der Waals surface area contributed by atoms with Gasteiger partial charge in [-0.05, 0) is 6.92 Å². The smallest absolute Gasteiger partial charge is 0.316 e. The van der Waals surface area contributed by atoms with Crippen molar-refractivity contribution in [1.82, 2.24) is 0 Å². The van der Waals surface area contributed by atoms with Crippen molar-refractivity contribution < 1.29 is 14.3 Å². The van der Waals surface area contributed by atoms with Crippen LogP contribution in [0.5, 0.6) is 0 Å². The third-order valence-corrected chi connectivity index (χ3v) is 1.82. The summed E-state index contributed by atoms with van der Waals surface area (Å²) in [6, 6.07) is 2.91. The van der Waals surface area contributed by atoms with E-state index in [4.69, 9.17) is 16.3 Å². The van der Waals surface area contributed by atoms with E-state index in [1.807, 2.05) is 0 Å². The molecule has 0 atom stereocenters. The molecule has 0 radical (unpaired) electrons. The largest absolute Gasteiger partial charge is 0.618 e. The average Bonchev–Trinajstić information content (AvgIpc) is 2.12. The molecule has 4 nitrogen and oxygen atoms in total. The minimum atomic E-state index is -0.431. The first-order valence-electron chi connectivity index (χ1n) is 4.16. The minimum absolute atomic E-state index is 0.0576. The maximum Gasteiger partial charge on any atom is 0.316 e. The molecule has 76 valence electrons. The van der Waals surface area contributed by atoms with Gasteiger partial charge in [0.15, 0.2) is 6.20 Å². The van der Waals surface area contributed by atoms with E-state index >= 15 is 0 Å². The van der Waals surface area contributed by atoms with Crippen LogP contribution in [0.1, 0.15) is 12.6 Å². The van der Waals surface area contributed by atoms with Gasteiger partial charge < -0.3 is 9.94 Å². The number of esters is 1. The fourth-order valence-electron chi connectivity index (χ4n) is 0.994. The zero-order valence-electron chi connectivity index (χ0n) is 7.70. The predicted octanol–water partition coefficient (Wildman–Crippen LogP) is 1.08. The molecule has 0 saturated carbocycles. The van der Waals surface area contributed by atoms with Crippen LogP contribution in [0.15, 0.2) is 18.3 Å². The Kier molecular flexibility index (Phi) is 3.71. The number of rotatable bonds is 3. The molecule has 0 aromatic carbocycles. The number of hydrogen-bond donors (Lipinski definition) is 0. The first-order valence-corrected chi connectivity index (χ1v) is 4.54. The maximum atomic E-state index is 11.2. The summed E-state index contributed by atoms with van der Waals surface area (Å²) in [7, 11) is 0. The summed E-state index contributed by atoms with van der Waals surface area (Å²) in [6.07, 6.45) is 1.20. The van der Waals surface area contributed by atoms with Gasteiger partial charge in [-0.2, -0.15) is 4.73 Å². The van der Waals surface area contributed by atoms with Gasteiger partial charge in [-0.15, -0.1) is 0 Å². The van der Waals surface area contributed by atoms with Crippen LogP contribution in [0.2, 0.25) is 5.02 Å². The number of ether oxygens (including phenoxy) is 1. The summed E-state index contributed by atoms with van der Waals surface area (Å²) in [5.41, 5.74) is 0.288. The first kappa shape index (κ1) is 10.8. The first-order chi connectivity index (χ1) is 6.63. The number of aromatic nitrogens is 1. The van der Waals surface area contributed by atoms with Crippen LogP contribution in [0.3, 0.4) is 0 Å². The Hall–Kier alpha value is -1.29. The molecule has 0 unspecified atom stereocenters. The molecule has 0 aliphatic heterocycles. The van der Waals surface area contributed by atoms with Crippen molar-refractivity contribution in [3.8, 4) is 0 Å². The average molecular weight is 216 g/mol. The number of hydrogen-bond acceptors (Lipinski definition) is 3. The van der Waals surface area contributed by atoms with Gasteiger partial charge >= 0.3 is 5.97 Å². The van der Waals surface area contributed by atoms with Gasteiger partial charge in [-0.1, -0.05) is 11.6 Å². The molecular formula is C9H10ClNO3. The van der Waals surface area contributed by atoms with Gasteiger partial charge in [0.05, 0.1) is 11.6 Å². The molecule has 0 N–H and O–H groups in total. The predicted molar refractivity (Wildman–Crippen MR) is 50.7 cm³/mol. The van der Waals surface area contributed by atoms with Gasteiger partial charge in [0, 0.05) is 12.1 Å². The highest BCUT2D eigenvalue weighted by molar-refractivity contribution is 6.30. The van der Waals surface area contributed by atoms with Gasteiger partial charge in [0.1, 0.15) is 6.42 Å². The summed E-state index contributed by atoms with van der Waals surface area (Å²) in [5.74, 6) is -0.431. The monoisotopic (exact) mass is 215 g/mol. The van der Waals surface area contributed by atoms with Crippen LogP contribution in [0, 0.1) is 5.21 Å². The Balaban J connectivity index is 2.75. The molecule has 1 aromatic rings. The highest BCUT2D eigenvalue weighted by Crippen LogP contribution is 2.07. The number of pyridine rings is 1. The zero-order valence-corrected chi connectivity index (χ0v) is 8.45. The molecule has 0 aliphatic carbocycles. The Morgan fingerprint density at radius 2 is 2.43 bits per heavy atom. The van der Waals surface area contributed by atoms with E-state index in [0.717, 1.165) is 0 Å². The van der Waals surface area contributed by atoms with Crippen LogP contribution < -0.4 is 4.73 Å². The van der Waals surface area contributed by atoms with Gasteiger partial charge in [-0.25, -0.2) is 0 Å². The normalized spacial score (nSPS) is 9.86. The lowest BCUT2D eigenvalue weighted by Gasteiger charge is -2.04. The molecule has 0 aliphatic rings. The molecule has 1 rings (SSSR count). The van der Waals surface area contributed by atoms with Crippen LogP contribution in [0.25, 0.3) is 0 Å². The SMILES string of the molecule is CCOC(=O)Cc1cc(Cl)cc[n+]1[O-]. The fraction of sp³-hybridized carbons (Fsp3) is 0.333. The summed E-state index contributed by atoms with van der Waals surface area (Å²) in [4.78, 5) is 11.1. The minimum Gasteiger partial charge on any atom is -0.618 e. The number of halogens is 1. The van der Waals surface area contributed by atoms with E-state index < -0.39 is 5.97 Å². The van der Waals surface area contributed by atoms with Crippen molar-refractivity contribution in [1.29, 1.82) is 0 Å². The zero-order chi connectivity index (χ0) is 10.6. The molecule has 1 aromatic heterocycles. The molecule has 0 fully saturated rings. The lowest BCUT2D eigenvalue weighted by atomic mass is 10.3. The second-order valence-electron chi connectivity index (χ2n) is 2.64. The van der Waals surface area contributed by atoms with Gasteiger partial charge in [0.2, 0.25) is 5.69 Å². The van der Waals surface area contributed by atoms with Crippen molar-refractivity contribution in [2.24, 2.45) is 0 Å². The Bertz CT molecular complexity index is 341. The van der Waals surface area contributed by atoms with E-state index in [1.54, 1.807) is 6.92 Å². The van der Waals surface area contributed by atoms with Crippen molar-refractivity contribution in [3.05, 3.63) is 34.3 Å². The topological polar surface area (TPSA) is 53.2 Å². The summed E-state index contributed by atoms with van der Waals surface area (Å²) in [5, 5.41) is 11.6. The van der Waals surface area contributed by atoms with Gasteiger partial charge in [0.25, 0.3) is 0 Å². The highest BCUT2D eigenvalue weighted by atomic mass is 35.5. The number of carbonyl (C=O) groups is 1. The van der Waals surface area contributed by atoms with Crippen molar-refractivity contribution in [2.75, 3.05) is 6.61 Å². The van der Waals surface area contributed by atoms with E-state index in [1.165, 1.54) is 18.3 Å². The Labute approximate surface area is 86.6 Å². The second-order valence-corrected chi connectivity index (χ2v) is 3.08. The molecule has 0 spiro atoms. The second kappa shape index (κ2) is 4.81. The summed E-state index contributed by atoms with van der Waals surface area (Å²) < 4.78 is 5.31. The standard InChI is InChI=1S/C9H10ClNO3/c1-2-14-9(12)6-8-5-7(10)3-4-11(8)13/h3-5H,2,6H2,1H3. The molecule has 5 heteroatoms. The van der Waals surface area contributed by atoms with Crippen molar-refractivity contribution in [3.63, 3.8) is 0 Å². The third kappa shape index (κ3) is 2.88. The van der Waals surface area contributed by atoms with E-state index in [-0.39, 0.29) is 12.1 Å². The molecule has 1 heterocycles. The Morgan fingerprint density at radius 1 is 1.71 bits per heavy atom. The third-order valence-electron chi connectivity index (χ3n) is 1.59. The lowest BCUT2D eigenvalue weighted by molar-refractivity contribution is -0.613. The van der Waals surface area contributed by atoms with E-state index in [9.17, 15) is 10.0 Å². The van der Waals surface area contributed by atoms with Crippen LogP contribution in [-0.2, 0) is 16.0 Å². The van der Waals surface area contributed by atoms with Crippen LogP contribution in [-0.4, -0.2) is 12.6 Å². The summed E-state index contributed by atoms with van der Waals surface area (Å²) in [6.45, 7) is 2.01. The number of carbonyl (C=O) groups excluding carboxylic acids is 1. The molecule has 0 amide bonds. The van der Waals surface area contributed by atoms with Gasteiger partial charge in [-0.3, -0.25) is 4.79 Å². The fourth-order valence-corrected chi connectivity index (χ4v) is 1.18. The maximum absolute atomic E-state index is 11.2. The van der Waals surface area contributed by atoms with E-state index in [0.29, 0.717) is 16.4 Å². The van der Waals surface area contributed by atoms with Crippen molar-refractivity contribution in [2.45, 2.75) is 13.3 Å².